The molecule has 5 rings (SSSR count). The van der Waals surface area contributed by atoms with Gasteiger partial charge < -0.3 is 4.90 Å². The van der Waals surface area contributed by atoms with Crippen molar-refractivity contribution in [2.75, 3.05) is 22.4 Å². The first-order valence-electron chi connectivity index (χ1n) is 9.83. The van der Waals surface area contributed by atoms with E-state index in [-0.39, 0.29) is 29.5 Å². The summed E-state index contributed by atoms with van der Waals surface area (Å²) < 4.78 is 51.7. The van der Waals surface area contributed by atoms with Crippen LogP contribution in [0.3, 0.4) is 0 Å². The highest BCUT2D eigenvalue weighted by Gasteiger charge is 2.40. The summed E-state index contributed by atoms with van der Waals surface area (Å²) in [5.74, 6) is -0.449. The van der Waals surface area contributed by atoms with Crippen LogP contribution in [-0.2, 0) is 31.2 Å². The van der Waals surface area contributed by atoms with Crippen molar-refractivity contribution in [3.63, 3.8) is 0 Å². The Morgan fingerprint density at radius 3 is 2.52 bits per heavy atom. The lowest BCUT2D eigenvalue weighted by Crippen LogP contribution is -2.46. The number of amides is 1. The second kappa shape index (κ2) is 7.32. The maximum atomic E-state index is 13.4. The largest absolute Gasteiger partial charge is 0.332 e. The molecule has 0 saturated carbocycles. The lowest BCUT2D eigenvalue weighted by atomic mass is 10.1. The van der Waals surface area contributed by atoms with Gasteiger partial charge in [0.15, 0.2) is 9.84 Å². The number of benzene rings is 2. The van der Waals surface area contributed by atoms with Gasteiger partial charge in [-0.15, -0.1) is 11.3 Å². The Hall–Kier alpha value is -2.43. The fourth-order valence-corrected chi connectivity index (χ4v) is 8.45. The van der Waals surface area contributed by atoms with Gasteiger partial charge in [-0.1, -0.05) is 30.3 Å². The third kappa shape index (κ3) is 3.52. The molecular formula is C21H20N2O5S3. The van der Waals surface area contributed by atoms with E-state index >= 15 is 0 Å². The summed E-state index contributed by atoms with van der Waals surface area (Å²) in [6.07, 6.45) is 0.363. The molecule has 0 bridgehead atoms. The van der Waals surface area contributed by atoms with Crippen molar-refractivity contribution in [3.05, 3.63) is 58.8 Å². The molecule has 3 aromatic rings. The van der Waals surface area contributed by atoms with Crippen molar-refractivity contribution in [2.24, 2.45) is 0 Å². The fourth-order valence-electron chi connectivity index (χ4n) is 4.35. The molecule has 0 radical (unpaired) electrons. The quantitative estimate of drug-likeness (QED) is 0.565. The summed E-state index contributed by atoms with van der Waals surface area (Å²) in [7, 11) is -7.07. The van der Waals surface area contributed by atoms with E-state index in [0.29, 0.717) is 17.5 Å². The Bertz CT molecular complexity index is 1380. The van der Waals surface area contributed by atoms with E-state index < -0.39 is 31.8 Å². The summed E-state index contributed by atoms with van der Waals surface area (Å²) in [6.45, 7) is -0.0974. The molecule has 162 valence electrons. The van der Waals surface area contributed by atoms with E-state index in [4.69, 9.17) is 0 Å². The summed E-state index contributed by atoms with van der Waals surface area (Å²) in [5.41, 5.74) is 0.483. The van der Waals surface area contributed by atoms with Crippen LogP contribution in [0.25, 0.3) is 10.8 Å². The SMILES string of the molecule is O=C(CN1c2cccc3cccc(c23)S1(=O)=O)N(Cc1cccs1)C1CCS(=O)(=O)C1. The third-order valence-corrected chi connectivity index (χ3v) is 10.2. The van der Waals surface area contributed by atoms with Gasteiger partial charge in [0.1, 0.15) is 6.54 Å². The van der Waals surface area contributed by atoms with Gasteiger partial charge in [0.25, 0.3) is 10.0 Å². The van der Waals surface area contributed by atoms with Crippen LogP contribution >= 0.6 is 11.3 Å². The normalized spacial score (nSPS) is 20.9. The molecule has 0 spiro atoms. The minimum Gasteiger partial charge on any atom is -0.332 e. The molecule has 1 unspecified atom stereocenters. The van der Waals surface area contributed by atoms with Crippen LogP contribution in [0.5, 0.6) is 0 Å². The second-order valence-electron chi connectivity index (χ2n) is 7.80. The fraction of sp³-hybridized carbons (Fsp3) is 0.286. The van der Waals surface area contributed by atoms with Gasteiger partial charge in [0.2, 0.25) is 5.91 Å². The molecule has 7 nitrogen and oxygen atoms in total. The molecule has 1 atom stereocenters. The van der Waals surface area contributed by atoms with Crippen LogP contribution in [0.4, 0.5) is 5.69 Å². The molecule has 2 aliphatic heterocycles. The number of nitrogens with zero attached hydrogens (tertiary/aromatic N) is 2. The van der Waals surface area contributed by atoms with Crippen LogP contribution in [0, 0.1) is 0 Å². The summed E-state index contributed by atoms with van der Waals surface area (Å²) in [4.78, 5) is 16.1. The predicted octanol–water partition coefficient (Wildman–Crippen LogP) is 2.63. The zero-order valence-corrected chi connectivity index (χ0v) is 18.9. The summed E-state index contributed by atoms with van der Waals surface area (Å²) in [5, 5.41) is 3.31. The average molecular weight is 477 g/mol. The van der Waals surface area contributed by atoms with E-state index in [0.717, 1.165) is 14.6 Å². The van der Waals surface area contributed by atoms with E-state index in [9.17, 15) is 21.6 Å². The number of anilines is 1. The molecule has 3 heterocycles. The molecule has 2 aliphatic rings. The van der Waals surface area contributed by atoms with Crippen LogP contribution in [0.1, 0.15) is 11.3 Å². The standard InChI is InChI=1S/C21H20N2O5S3/c24-20(22(12-17-6-3-10-29-17)16-9-11-30(25,26)14-16)13-23-18-7-1-4-15-5-2-8-19(21(15)18)31(23,27)28/h1-8,10,16H,9,11-14H2. The number of sulfone groups is 1. The Kier molecular flexibility index (Phi) is 4.83. The minimum absolute atomic E-state index is 0.0403. The van der Waals surface area contributed by atoms with Crippen molar-refractivity contribution in [1.82, 2.24) is 4.90 Å². The first kappa shape index (κ1) is 20.5. The highest BCUT2D eigenvalue weighted by molar-refractivity contribution is 7.93. The predicted molar refractivity (Wildman–Crippen MR) is 120 cm³/mol. The van der Waals surface area contributed by atoms with Crippen molar-refractivity contribution >= 4 is 53.6 Å². The summed E-state index contributed by atoms with van der Waals surface area (Å²) in [6, 6.07) is 13.7. The van der Waals surface area contributed by atoms with E-state index in [1.165, 1.54) is 16.2 Å². The number of carbonyl (C=O) groups is 1. The maximum absolute atomic E-state index is 13.4. The maximum Gasteiger partial charge on any atom is 0.265 e. The van der Waals surface area contributed by atoms with Gasteiger partial charge in [0, 0.05) is 16.3 Å². The molecule has 10 heteroatoms. The topological polar surface area (TPSA) is 91.8 Å². The molecule has 1 amide bonds. The summed E-state index contributed by atoms with van der Waals surface area (Å²) >= 11 is 1.48. The number of thiophene rings is 1. The Labute approximate surface area is 184 Å². The Morgan fingerprint density at radius 1 is 1.06 bits per heavy atom. The van der Waals surface area contributed by atoms with Crippen LogP contribution < -0.4 is 4.31 Å². The zero-order valence-electron chi connectivity index (χ0n) is 16.5. The number of hydrogen-bond acceptors (Lipinski definition) is 6. The lowest BCUT2D eigenvalue weighted by molar-refractivity contribution is -0.132. The van der Waals surface area contributed by atoms with Gasteiger partial charge >= 0.3 is 0 Å². The average Bonchev–Trinajstić information content (AvgIpc) is 3.42. The van der Waals surface area contributed by atoms with Gasteiger partial charge in [-0.2, -0.15) is 0 Å². The van der Waals surface area contributed by atoms with Crippen LogP contribution in [-0.4, -0.2) is 51.7 Å². The van der Waals surface area contributed by atoms with Gasteiger partial charge in [-0.05, 0) is 35.4 Å². The second-order valence-corrected chi connectivity index (χ2v) is 12.9. The zero-order chi connectivity index (χ0) is 21.8. The minimum atomic E-state index is -3.87. The highest BCUT2D eigenvalue weighted by atomic mass is 32.2. The number of rotatable bonds is 5. The monoisotopic (exact) mass is 476 g/mol. The molecule has 0 aliphatic carbocycles. The molecular weight excluding hydrogens is 456 g/mol. The van der Waals surface area contributed by atoms with Crippen molar-refractivity contribution < 1.29 is 21.6 Å². The molecule has 0 N–H and O–H groups in total. The number of sulfonamides is 1. The molecule has 1 aromatic heterocycles. The Morgan fingerprint density at radius 2 is 1.84 bits per heavy atom. The van der Waals surface area contributed by atoms with Gasteiger partial charge in [-0.25, -0.2) is 16.8 Å². The van der Waals surface area contributed by atoms with E-state index in [2.05, 4.69) is 0 Å². The molecule has 1 fully saturated rings. The molecule has 31 heavy (non-hydrogen) atoms. The highest BCUT2D eigenvalue weighted by Crippen LogP contribution is 2.42. The third-order valence-electron chi connectivity index (χ3n) is 5.84. The Balaban J connectivity index is 1.49. The lowest BCUT2D eigenvalue weighted by Gasteiger charge is -2.30. The molecule has 2 aromatic carbocycles. The van der Waals surface area contributed by atoms with Crippen molar-refractivity contribution in [2.45, 2.75) is 23.9 Å². The number of hydrogen-bond donors (Lipinski definition) is 0. The van der Waals surface area contributed by atoms with Crippen molar-refractivity contribution in [1.29, 1.82) is 0 Å². The number of carbonyl (C=O) groups excluding carboxylic acids is 1. The van der Waals surface area contributed by atoms with Gasteiger partial charge in [0.05, 0.1) is 28.6 Å². The van der Waals surface area contributed by atoms with E-state index in [1.807, 2.05) is 29.6 Å². The van der Waals surface area contributed by atoms with Crippen molar-refractivity contribution in [3.8, 4) is 0 Å². The first-order valence-corrected chi connectivity index (χ1v) is 14.0. The molecule has 1 saturated heterocycles. The van der Waals surface area contributed by atoms with E-state index in [1.54, 1.807) is 24.3 Å². The first-order chi connectivity index (χ1) is 14.8. The van der Waals surface area contributed by atoms with Crippen LogP contribution in [0.2, 0.25) is 0 Å². The van der Waals surface area contributed by atoms with Crippen LogP contribution in [0.15, 0.2) is 58.8 Å². The smallest absolute Gasteiger partial charge is 0.265 e. The van der Waals surface area contributed by atoms with Gasteiger partial charge in [-0.3, -0.25) is 9.10 Å².